The minimum absolute atomic E-state index is 0.119. The summed E-state index contributed by atoms with van der Waals surface area (Å²) in [6, 6.07) is 3.15. The van der Waals surface area contributed by atoms with Crippen LogP contribution in [0.2, 0.25) is 0 Å². The maximum absolute atomic E-state index is 13.5. The predicted molar refractivity (Wildman–Crippen MR) is 82.5 cm³/mol. The van der Waals surface area contributed by atoms with Crippen LogP contribution in [-0.2, 0) is 10.0 Å². The highest BCUT2D eigenvalue weighted by atomic mass is 32.2. The maximum Gasteiger partial charge on any atom is 0.246 e. The van der Waals surface area contributed by atoms with Gasteiger partial charge in [-0.2, -0.15) is 0 Å². The van der Waals surface area contributed by atoms with Gasteiger partial charge in [0, 0.05) is 12.6 Å². The first-order valence-electron chi connectivity index (χ1n) is 7.74. The van der Waals surface area contributed by atoms with Crippen LogP contribution in [0.4, 0.5) is 8.78 Å². The summed E-state index contributed by atoms with van der Waals surface area (Å²) in [5.41, 5.74) is 0. The second-order valence-electron chi connectivity index (χ2n) is 5.67. The molecule has 0 amide bonds. The zero-order valence-corrected chi connectivity index (χ0v) is 13.7. The Kier molecular flexibility index (Phi) is 6.46. The van der Waals surface area contributed by atoms with Crippen molar-refractivity contribution in [2.45, 2.75) is 36.6 Å². The van der Waals surface area contributed by atoms with Crippen LogP contribution >= 0.6 is 0 Å². The molecule has 130 valence electrons. The van der Waals surface area contributed by atoms with E-state index in [-0.39, 0.29) is 19.2 Å². The topological polar surface area (TPSA) is 69.6 Å². The summed E-state index contributed by atoms with van der Waals surface area (Å²) in [5.74, 6) is -2.19. The number of halogens is 2. The number of aliphatic hydroxyl groups excluding tert-OH is 1. The Balaban J connectivity index is 1.79. The summed E-state index contributed by atoms with van der Waals surface area (Å²) in [6.07, 6.45) is 3.35. The van der Waals surface area contributed by atoms with E-state index in [1.54, 1.807) is 0 Å². The first-order valence-corrected chi connectivity index (χ1v) is 9.22. The zero-order chi connectivity index (χ0) is 16.9. The minimum Gasteiger partial charge on any atom is -0.395 e. The number of rotatable bonds is 8. The average molecular weight is 348 g/mol. The van der Waals surface area contributed by atoms with Crippen LogP contribution in [0, 0.1) is 11.6 Å². The lowest BCUT2D eigenvalue weighted by Crippen LogP contribution is -2.33. The Bertz CT molecular complexity index is 605. The molecule has 23 heavy (non-hydrogen) atoms. The highest BCUT2D eigenvalue weighted by molar-refractivity contribution is 7.89. The number of benzene rings is 1. The van der Waals surface area contributed by atoms with Crippen LogP contribution in [0.5, 0.6) is 0 Å². The number of sulfonamides is 1. The van der Waals surface area contributed by atoms with Gasteiger partial charge in [0.25, 0.3) is 0 Å². The van der Waals surface area contributed by atoms with Crippen molar-refractivity contribution in [1.82, 2.24) is 9.62 Å². The van der Waals surface area contributed by atoms with Crippen LogP contribution in [0.1, 0.15) is 25.7 Å². The number of likely N-dealkylation sites (tertiary alicyclic amines) is 1. The second kappa shape index (κ2) is 8.14. The van der Waals surface area contributed by atoms with Gasteiger partial charge in [0.2, 0.25) is 10.0 Å². The molecule has 1 heterocycles. The third kappa shape index (κ3) is 4.69. The number of nitrogens with zero attached hydrogens (tertiary/aromatic N) is 1. The van der Waals surface area contributed by atoms with E-state index in [2.05, 4.69) is 9.62 Å². The quantitative estimate of drug-likeness (QED) is 0.698. The van der Waals surface area contributed by atoms with E-state index in [0.717, 1.165) is 50.6 Å². The molecule has 0 aliphatic carbocycles. The molecule has 0 spiro atoms. The number of hydrogen-bond donors (Lipinski definition) is 2. The summed E-state index contributed by atoms with van der Waals surface area (Å²) in [6.45, 7) is 1.98. The normalized spacial score (nSPS) is 19.3. The van der Waals surface area contributed by atoms with Crippen molar-refractivity contribution >= 4 is 10.0 Å². The molecule has 1 fully saturated rings. The molecule has 1 aromatic carbocycles. The minimum atomic E-state index is -4.19. The SMILES string of the molecule is O=S(=O)(NCCCCN1CCCC1CO)c1c(F)cccc1F. The molecule has 1 saturated heterocycles. The molecule has 1 aliphatic rings. The molecular formula is C15H22F2N2O3S. The van der Waals surface area contributed by atoms with Gasteiger partial charge in [0.05, 0.1) is 6.61 Å². The molecule has 2 N–H and O–H groups in total. The molecule has 0 saturated carbocycles. The highest BCUT2D eigenvalue weighted by Crippen LogP contribution is 2.19. The maximum atomic E-state index is 13.5. The van der Waals surface area contributed by atoms with Gasteiger partial charge in [-0.1, -0.05) is 6.07 Å². The standard InChI is InChI=1S/C15H22F2N2O3S/c16-13-6-3-7-14(17)15(13)23(21,22)18-8-1-2-9-19-10-4-5-12(19)11-20/h3,6-7,12,18,20H,1-2,4-5,8-11H2. The van der Waals surface area contributed by atoms with E-state index >= 15 is 0 Å². The van der Waals surface area contributed by atoms with Crippen molar-refractivity contribution in [3.63, 3.8) is 0 Å². The Morgan fingerprint density at radius 3 is 2.61 bits per heavy atom. The van der Waals surface area contributed by atoms with Crippen molar-refractivity contribution in [2.24, 2.45) is 0 Å². The van der Waals surface area contributed by atoms with E-state index in [1.807, 2.05) is 0 Å². The third-order valence-corrected chi connectivity index (χ3v) is 5.57. The van der Waals surface area contributed by atoms with E-state index in [0.29, 0.717) is 6.42 Å². The van der Waals surface area contributed by atoms with Crippen LogP contribution in [-0.4, -0.2) is 50.7 Å². The van der Waals surface area contributed by atoms with Crippen molar-refractivity contribution < 1.29 is 22.3 Å². The Morgan fingerprint density at radius 1 is 1.26 bits per heavy atom. The molecular weight excluding hydrogens is 326 g/mol. The van der Waals surface area contributed by atoms with Crippen LogP contribution < -0.4 is 4.72 Å². The van der Waals surface area contributed by atoms with E-state index in [9.17, 15) is 22.3 Å². The van der Waals surface area contributed by atoms with Gasteiger partial charge in [0.15, 0.2) is 4.90 Å². The van der Waals surface area contributed by atoms with Crippen molar-refractivity contribution in [3.8, 4) is 0 Å². The smallest absolute Gasteiger partial charge is 0.246 e. The fourth-order valence-electron chi connectivity index (χ4n) is 2.85. The van der Waals surface area contributed by atoms with Gasteiger partial charge in [-0.25, -0.2) is 21.9 Å². The summed E-state index contributed by atoms with van der Waals surface area (Å²) in [5, 5.41) is 9.22. The van der Waals surface area contributed by atoms with Crippen LogP contribution in [0.25, 0.3) is 0 Å². The second-order valence-corrected chi connectivity index (χ2v) is 7.37. The third-order valence-electron chi connectivity index (χ3n) is 4.06. The zero-order valence-electron chi connectivity index (χ0n) is 12.8. The number of aliphatic hydroxyl groups is 1. The van der Waals surface area contributed by atoms with E-state index in [4.69, 9.17) is 0 Å². The van der Waals surface area contributed by atoms with Crippen LogP contribution in [0.3, 0.4) is 0 Å². The van der Waals surface area contributed by atoms with Gasteiger partial charge in [-0.3, -0.25) is 4.90 Å². The molecule has 2 rings (SSSR count). The van der Waals surface area contributed by atoms with E-state index < -0.39 is 26.6 Å². The number of unbranched alkanes of at least 4 members (excludes halogenated alkanes) is 1. The first kappa shape index (κ1) is 18.3. The monoisotopic (exact) mass is 348 g/mol. The largest absolute Gasteiger partial charge is 0.395 e. The lowest BCUT2D eigenvalue weighted by Gasteiger charge is -2.22. The van der Waals surface area contributed by atoms with Gasteiger partial charge in [-0.15, -0.1) is 0 Å². The summed E-state index contributed by atoms with van der Waals surface area (Å²) in [4.78, 5) is 1.25. The summed E-state index contributed by atoms with van der Waals surface area (Å²) >= 11 is 0. The first-order chi connectivity index (χ1) is 11.0. The summed E-state index contributed by atoms with van der Waals surface area (Å²) < 4.78 is 53.2. The van der Waals surface area contributed by atoms with Crippen molar-refractivity contribution in [1.29, 1.82) is 0 Å². The number of hydrogen-bond acceptors (Lipinski definition) is 4. The fraction of sp³-hybridized carbons (Fsp3) is 0.600. The van der Waals surface area contributed by atoms with Crippen molar-refractivity contribution in [3.05, 3.63) is 29.8 Å². The molecule has 0 bridgehead atoms. The summed E-state index contributed by atoms with van der Waals surface area (Å²) in [7, 11) is -4.19. The molecule has 0 aromatic heterocycles. The lowest BCUT2D eigenvalue weighted by atomic mass is 10.2. The van der Waals surface area contributed by atoms with Gasteiger partial charge in [-0.05, 0) is 50.9 Å². The highest BCUT2D eigenvalue weighted by Gasteiger charge is 2.24. The van der Waals surface area contributed by atoms with Crippen molar-refractivity contribution in [2.75, 3.05) is 26.2 Å². The Hall–Kier alpha value is -1.09. The molecule has 8 heteroatoms. The average Bonchev–Trinajstić information content (AvgIpc) is 2.93. The number of nitrogens with one attached hydrogen (secondary N) is 1. The van der Waals surface area contributed by atoms with Gasteiger partial charge < -0.3 is 5.11 Å². The Morgan fingerprint density at radius 2 is 1.96 bits per heavy atom. The fourth-order valence-corrected chi connectivity index (χ4v) is 4.06. The predicted octanol–water partition coefficient (Wildman–Crippen LogP) is 1.48. The lowest BCUT2D eigenvalue weighted by molar-refractivity contribution is 0.157. The Labute approximate surface area is 135 Å². The molecule has 1 aromatic rings. The van der Waals surface area contributed by atoms with E-state index in [1.165, 1.54) is 0 Å². The molecule has 0 radical (unpaired) electrons. The molecule has 1 unspecified atom stereocenters. The van der Waals surface area contributed by atoms with Crippen LogP contribution in [0.15, 0.2) is 23.1 Å². The molecule has 5 nitrogen and oxygen atoms in total. The molecule has 1 atom stereocenters. The molecule has 1 aliphatic heterocycles. The van der Waals surface area contributed by atoms with Gasteiger partial charge >= 0.3 is 0 Å². The van der Waals surface area contributed by atoms with Gasteiger partial charge in [0.1, 0.15) is 11.6 Å².